The minimum atomic E-state index is -0.565. The third-order valence-corrected chi connectivity index (χ3v) is 2.92. The summed E-state index contributed by atoms with van der Waals surface area (Å²) < 4.78 is 10.5. The maximum Gasteiger partial charge on any atom is 0.231 e. The Bertz CT molecular complexity index is 490. The summed E-state index contributed by atoms with van der Waals surface area (Å²) in [4.78, 5) is 11.7. The first-order valence-electron chi connectivity index (χ1n) is 6.05. The number of benzene rings is 1. The molecule has 2 rings (SSSR count). The van der Waals surface area contributed by atoms with E-state index in [9.17, 15) is 4.79 Å². The number of carbonyl (C=O) groups excluding carboxylic acids is 1. The van der Waals surface area contributed by atoms with E-state index in [-0.39, 0.29) is 12.6 Å². The number of ketones is 1. The average Bonchev–Trinajstić information content (AvgIpc) is 2.83. The molecule has 1 heterocycles. The summed E-state index contributed by atoms with van der Waals surface area (Å²) in [5.41, 5.74) is 0.926. The van der Waals surface area contributed by atoms with Crippen molar-refractivity contribution in [3.63, 3.8) is 0 Å². The number of fused-ring (bicyclic) bond motifs is 1. The first kappa shape index (κ1) is 12.4. The predicted octanol–water partition coefficient (Wildman–Crippen LogP) is 2.47. The van der Waals surface area contributed by atoms with Crippen LogP contribution in [0.2, 0.25) is 0 Å². The SMILES string of the molecule is CCCC(=O)C(C#N)Cc1ccc2c(c1)OCO2. The summed E-state index contributed by atoms with van der Waals surface area (Å²) in [7, 11) is 0. The molecule has 0 spiro atoms. The number of Topliss-reactive ketones (excluding diaryl/α,β-unsaturated/α-hetero) is 1. The molecule has 1 aromatic carbocycles. The quantitative estimate of drug-likeness (QED) is 0.799. The fourth-order valence-corrected chi connectivity index (χ4v) is 1.96. The molecular weight excluding hydrogens is 230 g/mol. The average molecular weight is 245 g/mol. The fourth-order valence-electron chi connectivity index (χ4n) is 1.96. The molecule has 1 aliphatic rings. The molecule has 94 valence electrons. The van der Waals surface area contributed by atoms with Crippen LogP contribution in [0.5, 0.6) is 11.5 Å². The second-order valence-corrected chi connectivity index (χ2v) is 4.29. The zero-order valence-corrected chi connectivity index (χ0v) is 10.3. The molecular formula is C14H15NO3. The number of hydrogen-bond acceptors (Lipinski definition) is 4. The van der Waals surface area contributed by atoms with Crippen molar-refractivity contribution in [2.24, 2.45) is 5.92 Å². The maximum atomic E-state index is 11.7. The topological polar surface area (TPSA) is 59.3 Å². The van der Waals surface area contributed by atoms with Gasteiger partial charge in [0.25, 0.3) is 0 Å². The Kier molecular flexibility index (Phi) is 3.83. The van der Waals surface area contributed by atoms with Crippen molar-refractivity contribution in [1.82, 2.24) is 0 Å². The Morgan fingerprint density at radius 3 is 2.94 bits per heavy atom. The Labute approximate surface area is 106 Å². The molecule has 0 N–H and O–H groups in total. The molecule has 0 saturated carbocycles. The molecule has 1 aliphatic heterocycles. The summed E-state index contributed by atoms with van der Waals surface area (Å²) in [6.07, 6.45) is 1.67. The lowest BCUT2D eigenvalue weighted by Crippen LogP contribution is -2.14. The minimum Gasteiger partial charge on any atom is -0.454 e. The number of rotatable bonds is 5. The number of hydrogen-bond donors (Lipinski definition) is 0. The largest absolute Gasteiger partial charge is 0.454 e. The Morgan fingerprint density at radius 2 is 2.22 bits per heavy atom. The van der Waals surface area contributed by atoms with E-state index in [0.717, 1.165) is 12.0 Å². The smallest absolute Gasteiger partial charge is 0.231 e. The van der Waals surface area contributed by atoms with Gasteiger partial charge < -0.3 is 9.47 Å². The molecule has 0 fully saturated rings. The molecule has 0 saturated heterocycles. The van der Waals surface area contributed by atoms with Gasteiger partial charge in [0, 0.05) is 6.42 Å². The molecule has 0 radical (unpaired) electrons. The molecule has 4 heteroatoms. The van der Waals surface area contributed by atoms with Gasteiger partial charge in [-0.3, -0.25) is 4.79 Å². The van der Waals surface area contributed by atoms with Crippen molar-refractivity contribution in [2.75, 3.05) is 6.79 Å². The van der Waals surface area contributed by atoms with Crippen LogP contribution in [0.1, 0.15) is 25.3 Å². The monoisotopic (exact) mass is 245 g/mol. The normalized spacial score (nSPS) is 14.0. The van der Waals surface area contributed by atoms with Crippen LogP contribution in [0.3, 0.4) is 0 Å². The lowest BCUT2D eigenvalue weighted by molar-refractivity contribution is -0.121. The van der Waals surface area contributed by atoms with Crippen molar-refractivity contribution in [3.8, 4) is 17.6 Å². The van der Waals surface area contributed by atoms with Gasteiger partial charge >= 0.3 is 0 Å². The van der Waals surface area contributed by atoms with Crippen molar-refractivity contribution in [1.29, 1.82) is 5.26 Å². The van der Waals surface area contributed by atoms with Gasteiger partial charge in [0.2, 0.25) is 6.79 Å². The molecule has 0 bridgehead atoms. The highest BCUT2D eigenvalue weighted by atomic mass is 16.7. The Morgan fingerprint density at radius 1 is 1.44 bits per heavy atom. The fraction of sp³-hybridized carbons (Fsp3) is 0.429. The van der Waals surface area contributed by atoms with Crippen LogP contribution >= 0.6 is 0 Å². The predicted molar refractivity (Wildman–Crippen MR) is 65.3 cm³/mol. The van der Waals surface area contributed by atoms with Gasteiger partial charge in [0.05, 0.1) is 6.07 Å². The second kappa shape index (κ2) is 5.54. The maximum absolute atomic E-state index is 11.7. The minimum absolute atomic E-state index is 0.0117. The van der Waals surface area contributed by atoms with E-state index in [1.54, 1.807) is 0 Å². The summed E-state index contributed by atoms with van der Waals surface area (Å²) in [6, 6.07) is 7.61. The standard InChI is InChI=1S/C14H15NO3/c1-2-3-12(16)11(8-15)6-10-4-5-13-14(7-10)18-9-17-13/h4-5,7,11H,2-3,6,9H2,1H3. The Balaban J connectivity index is 2.08. The van der Waals surface area contributed by atoms with E-state index in [0.29, 0.717) is 24.3 Å². The first-order chi connectivity index (χ1) is 8.74. The van der Waals surface area contributed by atoms with Gasteiger partial charge in [-0.05, 0) is 30.5 Å². The summed E-state index contributed by atoms with van der Waals surface area (Å²) in [6.45, 7) is 2.17. The van der Waals surface area contributed by atoms with E-state index in [2.05, 4.69) is 6.07 Å². The van der Waals surface area contributed by atoms with Crippen molar-refractivity contribution < 1.29 is 14.3 Å². The zero-order chi connectivity index (χ0) is 13.0. The lowest BCUT2D eigenvalue weighted by Gasteiger charge is -2.08. The number of ether oxygens (including phenoxy) is 2. The molecule has 1 atom stereocenters. The summed E-state index contributed by atoms with van der Waals surface area (Å²) in [5, 5.41) is 9.05. The van der Waals surface area contributed by atoms with Gasteiger partial charge in [-0.15, -0.1) is 0 Å². The van der Waals surface area contributed by atoms with E-state index >= 15 is 0 Å². The van der Waals surface area contributed by atoms with Crippen LogP contribution < -0.4 is 9.47 Å². The molecule has 1 aromatic rings. The highest BCUT2D eigenvalue weighted by molar-refractivity contribution is 5.83. The molecule has 4 nitrogen and oxygen atoms in total. The zero-order valence-electron chi connectivity index (χ0n) is 10.3. The van der Waals surface area contributed by atoms with Crippen LogP contribution in [0.15, 0.2) is 18.2 Å². The van der Waals surface area contributed by atoms with Gasteiger partial charge in [-0.1, -0.05) is 13.0 Å². The molecule has 1 unspecified atom stereocenters. The highest BCUT2D eigenvalue weighted by Gasteiger charge is 2.19. The lowest BCUT2D eigenvalue weighted by atomic mass is 9.94. The van der Waals surface area contributed by atoms with Gasteiger partial charge in [-0.2, -0.15) is 5.26 Å². The van der Waals surface area contributed by atoms with Crippen LogP contribution in [0.25, 0.3) is 0 Å². The Hall–Kier alpha value is -2.02. The summed E-state index contributed by atoms with van der Waals surface area (Å²) >= 11 is 0. The van der Waals surface area contributed by atoms with Crippen molar-refractivity contribution >= 4 is 5.78 Å². The third kappa shape index (κ3) is 2.62. The third-order valence-electron chi connectivity index (χ3n) is 2.92. The van der Waals surface area contributed by atoms with Crippen molar-refractivity contribution in [2.45, 2.75) is 26.2 Å². The van der Waals surface area contributed by atoms with E-state index < -0.39 is 5.92 Å². The van der Waals surface area contributed by atoms with E-state index in [4.69, 9.17) is 14.7 Å². The highest BCUT2D eigenvalue weighted by Crippen LogP contribution is 2.33. The van der Waals surface area contributed by atoms with E-state index in [1.165, 1.54) is 0 Å². The number of nitrogens with zero attached hydrogens (tertiary/aromatic N) is 1. The van der Waals surface area contributed by atoms with Crippen LogP contribution in [0, 0.1) is 17.2 Å². The van der Waals surface area contributed by atoms with Gasteiger partial charge in [0.15, 0.2) is 11.5 Å². The van der Waals surface area contributed by atoms with Crippen LogP contribution in [-0.2, 0) is 11.2 Å². The van der Waals surface area contributed by atoms with Crippen LogP contribution in [0.4, 0.5) is 0 Å². The number of carbonyl (C=O) groups is 1. The van der Waals surface area contributed by atoms with E-state index in [1.807, 2.05) is 25.1 Å². The van der Waals surface area contributed by atoms with Gasteiger partial charge in [-0.25, -0.2) is 0 Å². The van der Waals surface area contributed by atoms with Crippen LogP contribution in [-0.4, -0.2) is 12.6 Å². The molecule has 0 amide bonds. The van der Waals surface area contributed by atoms with Gasteiger partial charge in [0.1, 0.15) is 11.7 Å². The molecule has 0 aromatic heterocycles. The second-order valence-electron chi connectivity index (χ2n) is 4.29. The molecule has 18 heavy (non-hydrogen) atoms. The van der Waals surface area contributed by atoms with Crippen molar-refractivity contribution in [3.05, 3.63) is 23.8 Å². The summed E-state index contributed by atoms with van der Waals surface area (Å²) in [5.74, 6) is 0.849. The first-order valence-corrected chi connectivity index (χ1v) is 6.05. The molecule has 0 aliphatic carbocycles. The number of nitriles is 1.